The monoisotopic (exact) mass is 277 g/mol. The maximum Gasteiger partial charge on any atom is 0.252 e. The van der Waals surface area contributed by atoms with Gasteiger partial charge in [-0.15, -0.1) is 0 Å². The van der Waals surface area contributed by atoms with Crippen LogP contribution in [0.4, 0.5) is 0 Å². The molecule has 0 aromatic carbocycles. The number of carbonyl (C=O) groups excluding carboxylic acids is 1. The van der Waals surface area contributed by atoms with Crippen molar-refractivity contribution in [3.63, 3.8) is 0 Å². The topological polar surface area (TPSA) is 29.5 Å². The lowest BCUT2D eigenvalue weighted by molar-refractivity contribution is -0.145. The highest BCUT2D eigenvalue weighted by Gasteiger charge is 2.37. The van der Waals surface area contributed by atoms with Crippen molar-refractivity contribution in [3.05, 3.63) is 0 Å². The standard InChI is InChI=1S/C11H20BrNO2/c1-8-5-6-15-9(8)10(14)13(4)11(2,3)7-12/h8-9H,5-7H2,1-4H3. The van der Waals surface area contributed by atoms with E-state index in [1.54, 1.807) is 4.90 Å². The van der Waals surface area contributed by atoms with E-state index >= 15 is 0 Å². The Morgan fingerprint density at radius 2 is 2.20 bits per heavy atom. The summed E-state index contributed by atoms with van der Waals surface area (Å²) in [5, 5.41) is 0.767. The predicted molar refractivity (Wildman–Crippen MR) is 64.2 cm³/mol. The molecule has 0 spiro atoms. The average molecular weight is 278 g/mol. The predicted octanol–water partition coefficient (Wildman–Crippen LogP) is 2.04. The third-order valence-corrected chi connectivity index (χ3v) is 4.57. The summed E-state index contributed by atoms with van der Waals surface area (Å²) in [4.78, 5) is 13.9. The van der Waals surface area contributed by atoms with Crippen molar-refractivity contribution in [2.45, 2.75) is 38.8 Å². The third kappa shape index (κ3) is 2.72. The van der Waals surface area contributed by atoms with Gasteiger partial charge in [0.15, 0.2) is 0 Å². The first-order chi connectivity index (χ1) is 6.90. The summed E-state index contributed by atoms with van der Waals surface area (Å²) in [6.07, 6.45) is 0.743. The molecular weight excluding hydrogens is 258 g/mol. The van der Waals surface area contributed by atoms with Crippen molar-refractivity contribution in [2.75, 3.05) is 19.0 Å². The number of ether oxygens (including phenoxy) is 1. The van der Waals surface area contributed by atoms with Crippen LogP contribution in [0, 0.1) is 5.92 Å². The second-order valence-corrected chi connectivity index (χ2v) is 5.46. The fourth-order valence-corrected chi connectivity index (χ4v) is 1.97. The Balaban J connectivity index is 2.67. The summed E-state index contributed by atoms with van der Waals surface area (Å²) >= 11 is 3.43. The minimum absolute atomic E-state index is 0.101. The first kappa shape index (κ1) is 13.0. The molecule has 4 heteroatoms. The van der Waals surface area contributed by atoms with Gasteiger partial charge in [-0.05, 0) is 26.2 Å². The molecule has 2 atom stereocenters. The Labute approximate surface area is 100 Å². The van der Waals surface area contributed by atoms with E-state index in [1.807, 2.05) is 20.9 Å². The van der Waals surface area contributed by atoms with E-state index in [1.165, 1.54) is 0 Å². The van der Waals surface area contributed by atoms with Crippen LogP contribution in [-0.4, -0.2) is 41.4 Å². The van der Waals surface area contributed by atoms with E-state index in [-0.39, 0.29) is 17.6 Å². The normalized spacial score (nSPS) is 26.7. The molecule has 3 nitrogen and oxygen atoms in total. The molecule has 15 heavy (non-hydrogen) atoms. The van der Waals surface area contributed by atoms with Gasteiger partial charge in [0.05, 0.1) is 0 Å². The van der Waals surface area contributed by atoms with Crippen molar-refractivity contribution in [3.8, 4) is 0 Å². The summed E-state index contributed by atoms with van der Waals surface area (Å²) in [7, 11) is 1.85. The molecule has 1 rings (SSSR count). The highest BCUT2D eigenvalue weighted by Crippen LogP contribution is 2.25. The molecule has 0 bridgehead atoms. The minimum Gasteiger partial charge on any atom is -0.368 e. The van der Waals surface area contributed by atoms with Crippen molar-refractivity contribution >= 4 is 21.8 Å². The van der Waals surface area contributed by atoms with Crippen LogP contribution in [0.15, 0.2) is 0 Å². The molecule has 1 fully saturated rings. The Morgan fingerprint density at radius 3 is 2.60 bits per heavy atom. The van der Waals surface area contributed by atoms with Gasteiger partial charge in [0.1, 0.15) is 6.10 Å². The van der Waals surface area contributed by atoms with Crippen molar-refractivity contribution in [1.29, 1.82) is 0 Å². The van der Waals surface area contributed by atoms with Crippen LogP contribution in [0.3, 0.4) is 0 Å². The molecule has 1 aliphatic rings. The summed E-state index contributed by atoms with van der Waals surface area (Å²) in [5.41, 5.74) is -0.164. The molecule has 0 aromatic rings. The van der Waals surface area contributed by atoms with Gasteiger partial charge in [-0.1, -0.05) is 22.9 Å². The fraction of sp³-hybridized carbons (Fsp3) is 0.909. The molecule has 1 amide bonds. The van der Waals surface area contributed by atoms with E-state index in [0.29, 0.717) is 12.5 Å². The number of rotatable bonds is 3. The number of likely N-dealkylation sites (N-methyl/N-ethyl adjacent to an activating group) is 1. The number of hydrogen-bond donors (Lipinski definition) is 0. The quantitative estimate of drug-likeness (QED) is 0.739. The number of nitrogens with zero attached hydrogens (tertiary/aromatic N) is 1. The van der Waals surface area contributed by atoms with Gasteiger partial charge in [-0.2, -0.15) is 0 Å². The summed E-state index contributed by atoms with van der Waals surface area (Å²) in [6.45, 7) is 6.86. The molecule has 0 saturated carbocycles. The Hall–Kier alpha value is -0.0900. The van der Waals surface area contributed by atoms with Gasteiger partial charge in [0, 0.05) is 24.5 Å². The lowest BCUT2D eigenvalue weighted by Crippen LogP contribution is -2.51. The van der Waals surface area contributed by atoms with Crippen LogP contribution >= 0.6 is 15.9 Å². The molecule has 1 saturated heterocycles. The van der Waals surface area contributed by atoms with E-state index in [0.717, 1.165) is 11.8 Å². The van der Waals surface area contributed by atoms with Gasteiger partial charge >= 0.3 is 0 Å². The zero-order valence-corrected chi connectivity index (χ0v) is 11.5. The molecule has 0 aliphatic carbocycles. The smallest absolute Gasteiger partial charge is 0.252 e. The van der Waals surface area contributed by atoms with E-state index in [9.17, 15) is 4.79 Å². The number of alkyl halides is 1. The molecule has 0 aromatic heterocycles. The highest BCUT2D eigenvalue weighted by molar-refractivity contribution is 9.09. The number of carbonyl (C=O) groups is 1. The summed E-state index contributed by atoms with van der Waals surface area (Å²) in [6, 6.07) is 0. The number of amides is 1. The number of hydrogen-bond acceptors (Lipinski definition) is 2. The van der Waals surface area contributed by atoms with Crippen LogP contribution in [-0.2, 0) is 9.53 Å². The van der Waals surface area contributed by atoms with Crippen LogP contribution in [0.2, 0.25) is 0 Å². The first-order valence-corrected chi connectivity index (χ1v) is 6.47. The second kappa shape index (κ2) is 4.83. The number of halogens is 1. The van der Waals surface area contributed by atoms with Crippen LogP contribution in [0.1, 0.15) is 27.2 Å². The van der Waals surface area contributed by atoms with Gasteiger partial charge in [0.25, 0.3) is 5.91 Å². The van der Waals surface area contributed by atoms with E-state index < -0.39 is 0 Å². The Morgan fingerprint density at radius 1 is 1.60 bits per heavy atom. The summed E-state index contributed by atoms with van der Waals surface area (Å²) in [5.74, 6) is 0.440. The maximum absolute atomic E-state index is 12.1. The highest BCUT2D eigenvalue weighted by atomic mass is 79.9. The fourth-order valence-electron chi connectivity index (χ4n) is 1.59. The molecule has 1 heterocycles. The lowest BCUT2D eigenvalue weighted by Gasteiger charge is -2.36. The lowest BCUT2D eigenvalue weighted by atomic mass is 10.00. The second-order valence-electron chi connectivity index (χ2n) is 4.90. The first-order valence-electron chi connectivity index (χ1n) is 5.35. The van der Waals surface area contributed by atoms with E-state index in [2.05, 4.69) is 22.9 Å². The van der Waals surface area contributed by atoms with Gasteiger partial charge < -0.3 is 9.64 Å². The molecule has 2 unspecified atom stereocenters. The van der Waals surface area contributed by atoms with Crippen LogP contribution in [0.25, 0.3) is 0 Å². The van der Waals surface area contributed by atoms with Crippen molar-refractivity contribution in [2.24, 2.45) is 5.92 Å². The molecular formula is C11H20BrNO2. The summed E-state index contributed by atoms with van der Waals surface area (Å²) < 4.78 is 5.48. The Kier molecular flexibility index (Phi) is 4.18. The zero-order chi connectivity index (χ0) is 11.6. The van der Waals surface area contributed by atoms with E-state index in [4.69, 9.17) is 4.74 Å². The van der Waals surface area contributed by atoms with Crippen LogP contribution < -0.4 is 0 Å². The van der Waals surface area contributed by atoms with Crippen molar-refractivity contribution < 1.29 is 9.53 Å². The van der Waals surface area contributed by atoms with Crippen molar-refractivity contribution in [1.82, 2.24) is 4.90 Å². The minimum atomic E-state index is -0.242. The molecule has 88 valence electrons. The molecule has 1 aliphatic heterocycles. The molecule has 0 radical (unpaired) electrons. The largest absolute Gasteiger partial charge is 0.368 e. The Bertz CT molecular complexity index is 243. The average Bonchev–Trinajstić information content (AvgIpc) is 2.62. The SMILES string of the molecule is CC1CCOC1C(=O)N(C)C(C)(C)CBr. The molecule has 0 N–H and O–H groups in total. The van der Waals surface area contributed by atoms with Crippen LogP contribution in [0.5, 0.6) is 0 Å². The van der Waals surface area contributed by atoms with Gasteiger partial charge in [-0.3, -0.25) is 4.79 Å². The maximum atomic E-state index is 12.1. The van der Waals surface area contributed by atoms with Gasteiger partial charge in [-0.25, -0.2) is 0 Å². The van der Waals surface area contributed by atoms with Gasteiger partial charge in [0.2, 0.25) is 0 Å². The third-order valence-electron chi connectivity index (χ3n) is 3.20. The zero-order valence-electron chi connectivity index (χ0n) is 9.92.